The summed E-state index contributed by atoms with van der Waals surface area (Å²) in [4.78, 5) is 7.96. The average Bonchev–Trinajstić information content (AvgIpc) is 2.40. The van der Waals surface area contributed by atoms with Gasteiger partial charge in [0.1, 0.15) is 21.9 Å². The number of halogens is 5. The van der Waals surface area contributed by atoms with Crippen molar-refractivity contribution in [1.82, 2.24) is 9.97 Å². The maximum atomic E-state index is 13.5. The zero-order valence-corrected chi connectivity index (χ0v) is 11.7. The van der Waals surface area contributed by atoms with E-state index in [0.29, 0.717) is 16.8 Å². The lowest BCUT2D eigenvalue weighted by Gasteiger charge is -2.10. The van der Waals surface area contributed by atoms with Crippen LogP contribution < -0.4 is 5.32 Å². The Morgan fingerprint density at radius 2 is 1.65 bits per heavy atom. The lowest BCUT2D eigenvalue weighted by molar-refractivity contribution is 0.459. The quantitative estimate of drug-likeness (QED) is 0.515. The fourth-order valence-electron chi connectivity index (χ4n) is 1.50. The molecular weight excluding hydrogens is 342 g/mol. The first-order chi connectivity index (χ1) is 9.42. The van der Waals surface area contributed by atoms with E-state index in [9.17, 15) is 17.6 Å². The van der Waals surface area contributed by atoms with Gasteiger partial charge in [0.15, 0.2) is 23.3 Å². The number of hydrogen-bond acceptors (Lipinski definition) is 3. The molecule has 1 aromatic heterocycles. The summed E-state index contributed by atoms with van der Waals surface area (Å²) < 4.78 is 53.6. The summed E-state index contributed by atoms with van der Waals surface area (Å²) in [5.41, 5.74) is -0.935. The van der Waals surface area contributed by atoms with Gasteiger partial charge in [-0.05, 0) is 15.9 Å². The predicted octanol–water partition coefficient (Wildman–Crippen LogP) is 4.10. The molecule has 0 aliphatic carbocycles. The van der Waals surface area contributed by atoms with Gasteiger partial charge in [-0.15, -0.1) is 0 Å². The Morgan fingerprint density at radius 3 is 2.20 bits per heavy atom. The first kappa shape index (κ1) is 14.7. The van der Waals surface area contributed by atoms with Gasteiger partial charge >= 0.3 is 0 Å². The molecule has 1 heterocycles. The summed E-state index contributed by atoms with van der Waals surface area (Å²) in [5.74, 6) is -5.59. The van der Waals surface area contributed by atoms with Gasteiger partial charge in [0, 0.05) is 18.6 Å². The van der Waals surface area contributed by atoms with Crippen LogP contribution >= 0.6 is 15.9 Å². The highest BCUT2D eigenvalue weighted by Gasteiger charge is 2.19. The van der Waals surface area contributed by atoms with Crippen molar-refractivity contribution >= 4 is 27.4 Å². The number of rotatable bonds is 3. The number of aryl methyl sites for hydroxylation is 1. The molecule has 0 spiro atoms. The average molecular weight is 350 g/mol. The molecule has 106 valence electrons. The summed E-state index contributed by atoms with van der Waals surface area (Å²) in [6.07, 6.45) is 0.483. The van der Waals surface area contributed by atoms with Gasteiger partial charge in [-0.3, -0.25) is 0 Å². The van der Waals surface area contributed by atoms with Crippen LogP contribution in [0.5, 0.6) is 0 Å². The van der Waals surface area contributed by atoms with Crippen LogP contribution in [0.2, 0.25) is 0 Å². The maximum Gasteiger partial charge on any atom is 0.185 e. The Labute approximate surface area is 120 Å². The second-order valence-corrected chi connectivity index (χ2v) is 4.63. The molecule has 3 nitrogen and oxygen atoms in total. The van der Waals surface area contributed by atoms with Crippen LogP contribution in [0.25, 0.3) is 0 Å². The van der Waals surface area contributed by atoms with Crippen molar-refractivity contribution < 1.29 is 17.6 Å². The number of aromatic nitrogens is 2. The van der Waals surface area contributed by atoms with E-state index in [0.717, 1.165) is 0 Å². The normalized spacial score (nSPS) is 10.7. The van der Waals surface area contributed by atoms with Crippen molar-refractivity contribution in [3.05, 3.63) is 45.8 Å². The lowest BCUT2D eigenvalue weighted by Crippen LogP contribution is -2.05. The standard InChI is InChI=1S/C12H8BrF4N3/c1-2-8-18-7(13)4-9(19-8)20-12-10(16)5(14)3-6(15)11(12)17/h3-4H,2H2,1H3,(H,18,19,20). The molecule has 2 rings (SSSR count). The van der Waals surface area contributed by atoms with Crippen molar-refractivity contribution in [2.75, 3.05) is 5.32 Å². The number of hydrogen-bond donors (Lipinski definition) is 1. The van der Waals surface area contributed by atoms with Crippen LogP contribution in [0.15, 0.2) is 16.7 Å². The molecule has 0 fully saturated rings. The van der Waals surface area contributed by atoms with E-state index < -0.39 is 29.0 Å². The Bertz CT molecular complexity index is 637. The van der Waals surface area contributed by atoms with E-state index in [-0.39, 0.29) is 11.9 Å². The van der Waals surface area contributed by atoms with Crippen LogP contribution in [-0.2, 0) is 6.42 Å². The smallest absolute Gasteiger partial charge is 0.185 e. The van der Waals surface area contributed by atoms with Crippen molar-refractivity contribution in [1.29, 1.82) is 0 Å². The molecule has 0 saturated heterocycles. The Hall–Kier alpha value is -1.70. The first-order valence-electron chi connectivity index (χ1n) is 5.55. The maximum absolute atomic E-state index is 13.5. The van der Waals surface area contributed by atoms with E-state index in [1.807, 2.05) is 0 Å². The topological polar surface area (TPSA) is 37.8 Å². The van der Waals surface area contributed by atoms with Gasteiger partial charge in [-0.25, -0.2) is 27.5 Å². The fourth-order valence-corrected chi connectivity index (χ4v) is 1.92. The van der Waals surface area contributed by atoms with E-state index in [1.165, 1.54) is 6.07 Å². The number of nitrogens with one attached hydrogen (secondary N) is 1. The predicted molar refractivity (Wildman–Crippen MR) is 68.7 cm³/mol. The van der Waals surface area contributed by atoms with E-state index in [1.54, 1.807) is 6.92 Å². The van der Waals surface area contributed by atoms with Crippen molar-refractivity contribution in [3.63, 3.8) is 0 Å². The highest BCUT2D eigenvalue weighted by atomic mass is 79.9. The molecule has 1 N–H and O–H groups in total. The SMILES string of the molecule is CCc1nc(Br)cc(Nc2c(F)c(F)cc(F)c2F)n1. The third kappa shape index (κ3) is 2.90. The van der Waals surface area contributed by atoms with Crippen molar-refractivity contribution in [2.45, 2.75) is 13.3 Å². The molecule has 0 aliphatic heterocycles. The summed E-state index contributed by atoms with van der Waals surface area (Å²) in [6, 6.07) is 1.48. The molecular formula is C12H8BrF4N3. The van der Waals surface area contributed by atoms with Gasteiger partial charge in [0.25, 0.3) is 0 Å². The molecule has 8 heteroatoms. The molecule has 2 aromatic rings. The largest absolute Gasteiger partial charge is 0.335 e. The molecule has 0 radical (unpaired) electrons. The minimum atomic E-state index is -1.52. The zero-order valence-electron chi connectivity index (χ0n) is 10.1. The van der Waals surface area contributed by atoms with Crippen molar-refractivity contribution in [2.24, 2.45) is 0 Å². The molecule has 0 saturated carbocycles. The first-order valence-corrected chi connectivity index (χ1v) is 6.35. The molecule has 0 unspecified atom stereocenters. The fraction of sp³-hybridized carbons (Fsp3) is 0.167. The molecule has 0 amide bonds. The van der Waals surface area contributed by atoms with Gasteiger partial charge in [0.2, 0.25) is 0 Å². The molecule has 0 aliphatic rings. The monoisotopic (exact) mass is 349 g/mol. The van der Waals surface area contributed by atoms with Crippen LogP contribution in [0.4, 0.5) is 29.1 Å². The van der Waals surface area contributed by atoms with Gasteiger partial charge in [-0.1, -0.05) is 6.92 Å². The van der Waals surface area contributed by atoms with Gasteiger partial charge in [0.05, 0.1) is 0 Å². The Morgan fingerprint density at radius 1 is 1.05 bits per heavy atom. The number of anilines is 2. The van der Waals surface area contributed by atoms with E-state index in [2.05, 4.69) is 31.2 Å². The highest BCUT2D eigenvalue weighted by Crippen LogP contribution is 2.27. The van der Waals surface area contributed by atoms with Crippen LogP contribution in [0, 0.1) is 23.3 Å². The minimum absolute atomic E-state index is 0.0199. The number of nitrogens with zero attached hydrogens (tertiary/aromatic N) is 2. The third-order valence-electron chi connectivity index (χ3n) is 2.42. The Kier molecular flexibility index (Phi) is 4.22. The van der Waals surface area contributed by atoms with Gasteiger partial charge in [-0.2, -0.15) is 0 Å². The van der Waals surface area contributed by atoms with Crippen LogP contribution in [-0.4, -0.2) is 9.97 Å². The molecule has 0 atom stereocenters. The lowest BCUT2D eigenvalue weighted by atomic mass is 10.2. The number of benzene rings is 1. The Balaban J connectivity index is 2.47. The van der Waals surface area contributed by atoms with E-state index >= 15 is 0 Å². The second-order valence-electron chi connectivity index (χ2n) is 3.81. The third-order valence-corrected chi connectivity index (χ3v) is 2.83. The van der Waals surface area contributed by atoms with Crippen LogP contribution in [0.1, 0.15) is 12.7 Å². The summed E-state index contributed by atoms with van der Waals surface area (Å²) in [7, 11) is 0. The van der Waals surface area contributed by atoms with Crippen molar-refractivity contribution in [3.8, 4) is 0 Å². The molecule has 1 aromatic carbocycles. The second kappa shape index (κ2) is 5.74. The highest BCUT2D eigenvalue weighted by molar-refractivity contribution is 9.10. The van der Waals surface area contributed by atoms with Gasteiger partial charge < -0.3 is 5.32 Å². The van der Waals surface area contributed by atoms with E-state index in [4.69, 9.17) is 0 Å². The molecule has 0 bridgehead atoms. The summed E-state index contributed by atoms with van der Waals surface area (Å²) in [5, 5.41) is 2.23. The zero-order chi connectivity index (χ0) is 14.9. The summed E-state index contributed by atoms with van der Waals surface area (Å²) in [6.45, 7) is 1.79. The molecule has 20 heavy (non-hydrogen) atoms. The minimum Gasteiger partial charge on any atom is -0.335 e. The summed E-state index contributed by atoms with van der Waals surface area (Å²) >= 11 is 3.11. The van der Waals surface area contributed by atoms with Crippen LogP contribution in [0.3, 0.4) is 0 Å².